The minimum atomic E-state index is -0.168. The topological polar surface area (TPSA) is 50.4 Å². The van der Waals surface area contributed by atoms with Gasteiger partial charge < -0.3 is 15.4 Å². The maximum atomic E-state index is 12.3. The highest BCUT2D eigenvalue weighted by Gasteiger charge is 2.35. The van der Waals surface area contributed by atoms with E-state index in [0.717, 1.165) is 32.3 Å². The van der Waals surface area contributed by atoms with Crippen LogP contribution in [0.15, 0.2) is 0 Å². The van der Waals surface area contributed by atoms with Gasteiger partial charge in [-0.05, 0) is 39.7 Å². The van der Waals surface area contributed by atoms with E-state index in [-0.39, 0.29) is 17.0 Å². The van der Waals surface area contributed by atoms with E-state index < -0.39 is 0 Å². The molecule has 1 saturated carbocycles. The van der Waals surface area contributed by atoms with Crippen molar-refractivity contribution < 1.29 is 9.53 Å². The van der Waals surface area contributed by atoms with Crippen molar-refractivity contribution in [3.05, 3.63) is 0 Å². The Hall–Kier alpha value is -0.610. The van der Waals surface area contributed by atoms with Crippen LogP contribution in [-0.4, -0.2) is 37.2 Å². The molecule has 1 saturated heterocycles. The summed E-state index contributed by atoms with van der Waals surface area (Å²) in [6.07, 6.45) is 8.65. The molecule has 0 spiro atoms. The zero-order chi connectivity index (χ0) is 13.8. The Morgan fingerprint density at radius 1 is 1.16 bits per heavy atom. The lowest BCUT2D eigenvalue weighted by Gasteiger charge is -2.39. The van der Waals surface area contributed by atoms with Crippen LogP contribution in [0.5, 0.6) is 0 Å². The molecule has 0 radical (unpaired) electrons. The standard InChI is InChI=1S/C15H28N2O2/c1-14(7-6-10-19-12-14)17-13(18)11-15(16-2)8-4-3-5-9-15/h16H,3-12H2,1-2H3,(H,17,18). The first-order valence-corrected chi connectivity index (χ1v) is 7.65. The molecular formula is C15H28N2O2. The molecular weight excluding hydrogens is 240 g/mol. The van der Waals surface area contributed by atoms with E-state index >= 15 is 0 Å². The van der Waals surface area contributed by atoms with Crippen LogP contribution in [0.4, 0.5) is 0 Å². The average Bonchev–Trinajstić information content (AvgIpc) is 2.39. The first-order valence-electron chi connectivity index (χ1n) is 7.65. The molecule has 2 aliphatic rings. The fourth-order valence-corrected chi connectivity index (χ4v) is 3.46. The number of hydrogen-bond acceptors (Lipinski definition) is 3. The number of ether oxygens (including phenoxy) is 1. The van der Waals surface area contributed by atoms with Gasteiger partial charge in [0.25, 0.3) is 0 Å². The summed E-state index contributed by atoms with van der Waals surface area (Å²) in [5.41, 5.74) is -0.146. The van der Waals surface area contributed by atoms with Crippen LogP contribution in [-0.2, 0) is 9.53 Å². The summed E-state index contributed by atoms with van der Waals surface area (Å²) in [7, 11) is 1.99. The van der Waals surface area contributed by atoms with Crippen LogP contribution < -0.4 is 10.6 Å². The minimum Gasteiger partial charge on any atom is -0.379 e. The molecule has 4 nitrogen and oxygen atoms in total. The maximum Gasteiger partial charge on any atom is 0.222 e. The van der Waals surface area contributed by atoms with E-state index in [4.69, 9.17) is 4.74 Å². The lowest BCUT2D eigenvalue weighted by atomic mass is 9.79. The monoisotopic (exact) mass is 268 g/mol. The van der Waals surface area contributed by atoms with Crippen LogP contribution >= 0.6 is 0 Å². The highest BCUT2D eigenvalue weighted by molar-refractivity contribution is 5.78. The van der Waals surface area contributed by atoms with Gasteiger partial charge in [0.15, 0.2) is 0 Å². The second-order valence-corrected chi connectivity index (χ2v) is 6.53. The van der Waals surface area contributed by atoms with Crippen molar-refractivity contribution in [2.45, 2.75) is 69.4 Å². The molecule has 1 aliphatic heterocycles. The van der Waals surface area contributed by atoms with Crippen molar-refractivity contribution in [1.29, 1.82) is 0 Å². The van der Waals surface area contributed by atoms with Crippen LogP contribution in [0.1, 0.15) is 58.3 Å². The SMILES string of the molecule is CNC1(CC(=O)NC2(C)CCCOC2)CCCCC1. The smallest absolute Gasteiger partial charge is 0.222 e. The molecule has 1 unspecified atom stereocenters. The lowest BCUT2D eigenvalue weighted by Crippen LogP contribution is -2.55. The fourth-order valence-electron chi connectivity index (χ4n) is 3.46. The summed E-state index contributed by atoms with van der Waals surface area (Å²) >= 11 is 0. The number of carbonyl (C=O) groups is 1. The van der Waals surface area contributed by atoms with Gasteiger partial charge in [0.1, 0.15) is 0 Å². The quantitative estimate of drug-likeness (QED) is 0.820. The Morgan fingerprint density at radius 3 is 2.47 bits per heavy atom. The van der Waals surface area contributed by atoms with Gasteiger partial charge in [0.2, 0.25) is 5.91 Å². The highest BCUT2D eigenvalue weighted by atomic mass is 16.5. The molecule has 1 aliphatic carbocycles. The summed E-state index contributed by atoms with van der Waals surface area (Å²) in [5.74, 6) is 0.171. The summed E-state index contributed by atoms with van der Waals surface area (Å²) in [6.45, 7) is 3.56. The van der Waals surface area contributed by atoms with Crippen LogP contribution in [0.2, 0.25) is 0 Å². The third-order valence-electron chi connectivity index (χ3n) is 4.72. The van der Waals surface area contributed by atoms with E-state index in [1.54, 1.807) is 0 Å². The second kappa shape index (κ2) is 6.23. The second-order valence-electron chi connectivity index (χ2n) is 6.53. The zero-order valence-corrected chi connectivity index (χ0v) is 12.4. The molecule has 0 aromatic carbocycles. The Balaban J connectivity index is 1.88. The van der Waals surface area contributed by atoms with Crippen molar-refractivity contribution in [3.63, 3.8) is 0 Å². The van der Waals surface area contributed by atoms with Crippen molar-refractivity contribution >= 4 is 5.91 Å². The zero-order valence-electron chi connectivity index (χ0n) is 12.4. The first-order chi connectivity index (χ1) is 9.08. The van der Waals surface area contributed by atoms with E-state index in [1.165, 1.54) is 19.3 Å². The molecule has 2 rings (SSSR count). The number of carbonyl (C=O) groups excluding carboxylic acids is 1. The third-order valence-corrected chi connectivity index (χ3v) is 4.72. The van der Waals surface area contributed by atoms with Crippen molar-refractivity contribution in [3.8, 4) is 0 Å². The highest BCUT2D eigenvalue weighted by Crippen LogP contribution is 2.31. The van der Waals surface area contributed by atoms with Gasteiger partial charge in [0.05, 0.1) is 12.1 Å². The van der Waals surface area contributed by atoms with Crippen LogP contribution in [0, 0.1) is 0 Å². The van der Waals surface area contributed by atoms with Crippen LogP contribution in [0.3, 0.4) is 0 Å². The van der Waals surface area contributed by atoms with Crippen molar-refractivity contribution in [1.82, 2.24) is 10.6 Å². The van der Waals surface area contributed by atoms with Crippen LogP contribution in [0.25, 0.3) is 0 Å². The van der Waals surface area contributed by atoms with Crippen molar-refractivity contribution in [2.24, 2.45) is 0 Å². The molecule has 110 valence electrons. The molecule has 19 heavy (non-hydrogen) atoms. The Labute approximate surface area is 116 Å². The summed E-state index contributed by atoms with van der Waals surface area (Å²) < 4.78 is 5.50. The Bertz CT molecular complexity index is 305. The Morgan fingerprint density at radius 2 is 1.89 bits per heavy atom. The molecule has 1 heterocycles. The maximum absolute atomic E-state index is 12.3. The van der Waals surface area contributed by atoms with Gasteiger partial charge in [-0.1, -0.05) is 19.3 Å². The average molecular weight is 268 g/mol. The minimum absolute atomic E-state index is 0.0220. The molecule has 2 fully saturated rings. The number of nitrogens with one attached hydrogen (secondary N) is 2. The number of rotatable bonds is 4. The molecule has 0 aromatic rings. The predicted molar refractivity (Wildman–Crippen MR) is 76.1 cm³/mol. The van der Waals surface area contributed by atoms with Gasteiger partial charge in [-0.2, -0.15) is 0 Å². The fraction of sp³-hybridized carbons (Fsp3) is 0.933. The normalized spacial score (nSPS) is 30.8. The van der Waals surface area contributed by atoms with E-state index in [1.807, 2.05) is 7.05 Å². The van der Waals surface area contributed by atoms with Gasteiger partial charge in [-0.15, -0.1) is 0 Å². The lowest BCUT2D eigenvalue weighted by molar-refractivity contribution is -0.126. The summed E-state index contributed by atoms with van der Waals surface area (Å²) in [6, 6.07) is 0. The van der Waals surface area contributed by atoms with Crippen molar-refractivity contribution in [2.75, 3.05) is 20.3 Å². The Kier molecular flexibility index (Phi) is 4.85. The molecule has 2 N–H and O–H groups in total. The molecule has 0 bridgehead atoms. The summed E-state index contributed by atoms with van der Waals surface area (Å²) in [5, 5.41) is 6.60. The van der Waals surface area contributed by atoms with Gasteiger partial charge in [-0.3, -0.25) is 4.79 Å². The van der Waals surface area contributed by atoms with E-state index in [2.05, 4.69) is 17.6 Å². The van der Waals surface area contributed by atoms with E-state index in [0.29, 0.717) is 13.0 Å². The number of hydrogen-bond donors (Lipinski definition) is 2. The molecule has 4 heteroatoms. The predicted octanol–water partition coefficient (Wildman–Crippen LogP) is 1.98. The van der Waals surface area contributed by atoms with Gasteiger partial charge >= 0.3 is 0 Å². The summed E-state index contributed by atoms with van der Waals surface area (Å²) in [4.78, 5) is 12.3. The number of amides is 1. The third kappa shape index (κ3) is 3.93. The van der Waals surface area contributed by atoms with E-state index in [9.17, 15) is 4.79 Å². The molecule has 1 amide bonds. The molecule has 0 aromatic heterocycles. The van der Waals surface area contributed by atoms with Gasteiger partial charge in [0, 0.05) is 18.6 Å². The largest absolute Gasteiger partial charge is 0.379 e. The molecule has 1 atom stereocenters. The van der Waals surface area contributed by atoms with Gasteiger partial charge in [-0.25, -0.2) is 0 Å². The first kappa shape index (κ1) is 14.8.